The van der Waals surface area contributed by atoms with Crippen molar-refractivity contribution in [1.82, 2.24) is 5.01 Å². The van der Waals surface area contributed by atoms with Crippen LogP contribution in [0, 0.1) is 11.8 Å². The molecule has 0 N–H and O–H groups in total. The van der Waals surface area contributed by atoms with Crippen LogP contribution in [0.3, 0.4) is 0 Å². The highest BCUT2D eigenvalue weighted by Gasteiger charge is 2.65. The molecule has 2 saturated carbocycles. The van der Waals surface area contributed by atoms with Crippen molar-refractivity contribution < 1.29 is 0 Å². The van der Waals surface area contributed by atoms with Gasteiger partial charge < -0.3 is 0 Å². The highest BCUT2D eigenvalue weighted by Crippen LogP contribution is 2.56. The van der Waals surface area contributed by atoms with Gasteiger partial charge in [-0.1, -0.05) is 47.7 Å². The second kappa shape index (κ2) is 4.16. The minimum Gasteiger partial charge on any atom is -0.269 e. The zero-order chi connectivity index (χ0) is 15.0. The number of fused-ring (bicyclic) bond motifs is 9. The largest absolute Gasteiger partial charge is 0.269 e. The SMILES string of the molecule is c1ccc2c(CN3N=N[C@H]4[C@H]5C[C@H]([C@@H]6N=N[C@H]56)[C@H]43)cccc2c1. The summed E-state index contributed by atoms with van der Waals surface area (Å²) in [5.41, 5.74) is 1.33. The molecule has 6 rings (SSSR count). The third kappa shape index (κ3) is 1.47. The molecule has 23 heavy (non-hydrogen) atoms. The van der Waals surface area contributed by atoms with Crippen molar-refractivity contribution in [2.75, 3.05) is 0 Å². The van der Waals surface area contributed by atoms with Crippen molar-refractivity contribution in [2.24, 2.45) is 32.4 Å². The number of hydrogen-bond acceptors (Lipinski definition) is 5. The smallest absolute Gasteiger partial charge is 0.100 e. The molecule has 2 heterocycles. The second-order valence-electron chi connectivity index (χ2n) is 7.20. The molecule has 2 fully saturated rings. The Morgan fingerprint density at radius 3 is 2.61 bits per heavy atom. The van der Waals surface area contributed by atoms with Crippen LogP contribution in [0.1, 0.15) is 12.0 Å². The van der Waals surface area contributed by atoms with E-state index in [1.54, 1.807) is 0 Å². The van der Waals surface area contributed by atoms with E-state index in [1.807, 2.05) is 0 Å². The summed E-state index contributed by atoms with van der Waals surface area (Å²) in [6, 6.07) is 16.8. The van der Waals surface area contributed by atoms with E-state index in [0.29, 0.717) is 36.0 Å². The Labute approximate surface area is 134 Å². The maximum atomic E-state index is 4.61. The monoisotopic (exact) mass is 303 g/mol. The van der Waals surface area contributed by atoms with E-state index >= 15 is 0 Å². The summed E-state index contributed by atoms with van der Waals surface area (Å²) in [6.07, 6.45) is 1.22. The average molecular weight is 303 g/mol. The molecule has 5 heteroatoms. The standard InChI is InChI=1S/C18H17N5/c1-2-7-12-10(4-1)5-3-6-11(12)9-23-18-14-8-13(17(18)21-22-23)15-16(14)20-19-15/h1-7,13-18H,8-9H2/t13-,14+,15+,16-,17-,18+/m0/s1. The zero-order valence-corrected chi connectivity index (χ0v) is 12.7. The summed E-state index contributed by atoms with van der Waals surface area (Å²) in [4.78, 5) is 0. The molecule has 0 aromatic heterocycles. The predicted molar refractivity (Wildman–Crippen MR) is 86.0 cm³/mol. The molecule has 0 amide bonds. The van der Waals surface area contributed by atoms with Gasteiger partial charge in [0, 0.05) is 11.8 Å². The third-order valence-corrected chi connectivity index (χ3v) is 6.19. The van der Waals surface area contributed by atoms with Gasteiger partial charge in [0.25, 0.3) is 0 Å². The minimum absolute atomic E-state index is 0.343. The van der Waals surface area contributed by atoms with E-state index in [4.69, 9.17) is 0 Å². The highest BCUT2D eigenvalue weighted by molar-refractivity contribution is 5.85. The first-order chi connectivity index (χ1) is 11.4. The van der Waals surface area contributed by atoms with Crippen LogP contribution in [0.2, 0.25) is 0 Å². The van der Waals surface area contributed by atoms with Gasteiger partial charge in [0.15, 0.2) is 0 Å². The molecule has 114 valence electrons. The lowest BCUT2D eigenvalue weighted by Crippen LogP contribution is -2.51. The zero-order valence-electron chi connectivity index (χ0n) is 12.7. The number of benzene rings is 2. The molecule has 2 aliphatic carbocycles. The summed E-state index contributed by atoms with van der Waals surface area (Å²) in [6.45, 7) is 0.837. The molecule has 2 aliphatic heterocycles. The molecule has 2 aromatic carbocycles. The Kier molecular flexibility index (Phi) is 2.20. The van der Waals surface area contributed by atoms with Crippen molar-refractivity contribution in [1.29, 1.82) is 0 Å². The van der Waals surface area contributed by atoms with Crippen LogP contribution in [0.5, 0.6) is 0 Å². The molecule has 0 saturated heterocycles. The molecule has 6 atom stereocenters. The fourth-order valence-corrected chi connectivity index (χ4v) is 5.16. The Hall–Kier alpha value is -2.30. The molecule has 2 aromatic rings. The van der Waals surface area contributed by atoms with Gasteiger partial charge in [-0.3, -0.25) is 5.01 Å². The van der Waals surface area contributed by atoms with Crippen molar-refractivity contribution in [3.63, 3.8) is 0 Å². The fourth-order valence-electron chi connectivity index (χ4n) is 5.16. The molecule has 2 bridgehead atoms. The quantitative estimate of drug-likeness (QED) is 0.836. The first kappa shape index (κ1) is 12.2. The van der Waals surface area contributed by atoms with Gasteiger partial charge in [-0.2, -0.15) is 15.3 Å². The first-order valence-corrected chi connectivity index (χ1v) is 8.44. The topological polar surface area (TPSA) is 52.7 Å². The maximum Gasteiger partial charge on any atom is 0.100 e. The summed E-state index contributed by atoms with van der Waals surface area (Å²) in [5.74, 6) is 1.17. The van der Waals surface area contributed by atoms with E-state index < -0.39 is 0 Å². The Morgan fingerprint density at radius 1 is 0.870 bits per heavy atom. The lowest BCUT2D eigenvalue weighted by atomic mass is 9.82. The van der Waals surface area contributed by atoms with Crippen LogP contribution in [-0.4, -0.2) is 29.2 Å². The van der Waals surface area contributed by atoms with E-state index in [0.717, 1.165) is 6.54 Å². The number of azo groups is 1. The Morgan fingerprint density at radius 2 is 1.70 bits per heavy atom. The van der Waals surface area contributed by atoms with Gasteiger partial charge in [0.2, 0.25) is 0 Å². The van der Waals surface area contributed by atoms with Gasteiger partial charge in [0.1, 0.15) is 18.1 Å². The molecule has 0 unspecified atom stereocenters. The van der Waals surface area contributed by atoms with Gasteiger partial charge in [-0.15, -0.1) is 0 Å². The number of rotatable bonds is 2. The summed E-state index contributed by atoms with van der Waals surface area (Å²) in [5, 5.41) is 22.7. The summed E-state index contributed by atoms with van der Waals surface area (Å²) >= 11 is 0. The van der Waals surface area contributed by atoms with Crippen molar-refractivity contribution in [2.45, 2.75) is 37.1 Å². The van der Waals surface area contributed by atoms with Crippen molar-refractivity contribution in [3.8, 4) is 0 Å². The van der Waals surface area contributed by atoms with E-state index in [-0.39, 0.29) is 0 Å². The van der Waals surface area contributed by atoms with Crippen LogP contribution < -0.4 is 0 Å². The Balaban J connectivity index is 1.35. The molecular weight excluding hydrogens is 286 g/mol. The predicted octanol–water partition coefficient (Wildman–Crippen LogP) is 3.61. The minimum atomic E-state index is 0.343. The molecule has 0 spiro atoms. The average Bonchev–Trinajstić information content (AvgIpc) is 3.16. The fraction of sp³-hybridized carbons (Fsp3) is 0.444. The second-order valence-corrected chi connectivity index (χ2v) is 7.20. The van der Waals surface area contributed by atoms with Crippen molar-refractivity contribution in [3.05, 3.63) is 48.0 Å². The van der Waals surface area contributed by atoms with Crippen molar-refractivity contribution >= 4 is 10.8 Å². The van der Waals surface area contributed by atoms with Crippen LogP contribution in [-0.2, 0) is 6.54 Å². The number of nitrogens with zero attached hydrogens (tertiary/aromatic N) is 5. The molecule has 4 aliphatic rings. The third-order valence-electron chi connectivity index (χ3n) is 6.19. The maximum absolute atomic E-state index is 4.61. The van der Waals surface area contributed by atoms with E-state index in [2.05, 4.69) is 68.0 Å². The molecular formula is C18H17N5. The van der Waals surface area contributed by atoms with Gasteiger partial charge in [-0.05, 0) is 22.8 Å². The number of hydrogen-bond donors (Lipinski definition) is 0. The highest BCUT2D eigenvalue weighted by atomic mass is 15.6. The summed E-state index contributed by atoms with van der Waals surface area (Å²) < 4.78 is 0. The lowest BCUT2D eigenvalue weighted by Gasteiger charge is -2.38. The molecule has 5 nitrogen and oxygen atoms in total. The first-order valence-electron chi connectivity index (χ1n) is 8.44. The van der Waals surface area contributed by atoms with Crippen LogP contribution in [0.25, 0.3) is 10.8 Å². The van der Waals surface area contributed by atoms with Crippen LogP contribution in [0.15, 0.2) is 63.0 Å². The molecule has 0 radical (unpaired) electrons. The van der Waals surface area contributed by atoms with Gasteiger partial charge in [-0.25, -0.2) is 0 Å². The Bertz CT molecular complexity index is 854. The van der Waals surface area contributed by atoms with E-state index in [1.165, 1.54) is 22.8 Å². The van der Waals surface area contributed by atoms with E-state index in [9.17, 15) is 0 Å². The van der Waals surface area contributed by atoms with Crippen LogP contribution in [0.4, 0.5) is 0 Å². The normalized spacial score (nSPS) is 38.9. The lowest BCUT2D eigenvalue weighted by molar-refractivity contribution is 0.124. The van der Waals surface area contributed by atoms with Gasteiger partial charge in [0.05, 0.1) is 12.6 Å². The van der Waals surface area contributed by atoms with Gasteiger partial charge >= 0.3 is 0 Å². The summed E-state index contributed by atoms with van der Waals surface area (Å²) in [7, 11) is 0. The van der Waals surface area contributed by atoms with Crippen LogP contribution >= 0.6 is 0 Å².